The Morgan fingerprint density at radius 3 is 3.10 bits per heavy atom. The fraction of sp³-hybridized carbons (Fsp3) is 0.308. The molecule has 0 atom stereocenters. The topological polar surface area (TPSA) is 82.8 Å². The molecule has 0 radical (unpaired) electrons. The molecule has 3 heterocycles. The predicted molar refractivity (Wildman–Crippen MR) is 81.5 cm³/mol. The lowest BCUT2D eigenvalue weighted by Crippen LogP contribution is -2.13. The van der Waals surface area contributed by atoms with Gasteiger partial charge in [-0.15, -0.1) is 21.5 Å². The van der Waals surface area contributed by atoms with E-state index in [0.29, 0.717) is 11.7 Å². The lowest BCUT2D eigenvalue weighted by atomic mass is 10.3. The molecule has 3 aromatic heterocycles. The smallest absolute Gasteiger partial charge is 0.210 e. The second-order valence-electron chi connectivity index (χ2n) is 4.93. The van der Waals surface area contributed by atoms with E-state index in [2.05, 4.69) is 15.4 Å². The standard InChI is InChI=1S/C13H13N5OS2/c14-18-12(8-3-4-8)15-16-13(18)21-7-9-6-10(19-17-9)11-2-1-5-20-11/h1-2,5-6,8H,3-4,7,14H2. The van der Waals surface area contributed by atoms with E-state index in [0.717, 1.165) is 40.2 Å². The van der Waals surface area contributed by atoms with E-state index in [-0.39, 0.29) is 0 Å². The first-order chi connectivity index (χ1) is 10.3. The molecule has 0 bridgehead atoms. The molecule has 3 aromatic rings. The van der Waals surface area contributed by atoms with Gasteiger partial charge in [-0.2, -0.15) is 0 Å². The van der Waals surface area contributed by atoms with E-state index in [1.807, 2.05) is 23.6 Å². The van der Waals surface area contributed by atoms with Crippen LogP contribution in [0.1, 0.15) is 30.3 Å². The van der Waals surface area contributed by atoms with Gasteiger partial charge in [0, 0.05) is 17.7 Å². The van der Waals surface area contributed by atoms with Gasteiger partial charge in [-0.05, 0) is 24.3 Å². The van der Waals surface area contributed by atoms with Crippen LogP contribution in [0.3, 0.4) is 0 Å². The lowest BCUT2D eigenvalue weighted by molar-refractivity contribution is 0.427. The van der Waals surface area contributed by atoms with Gasteiger partial charge in [0.25, 0.3) is 0 Å². The highest BCUT2D eigenvalue weighted by atomic mass is 32.2. The fourth-order valence-electron chi connectivity index (χ4n) is 2.06. The van der Waals surface area contributed by atoms with Crippen molar-refractivity contribution in [2.75, 3.05) is 5.84 Å². The van der Waals surface area contributed by atoms with Crippen LogP contribution in [0.5, 0.6) is 0 Å². The van der Waals surface area contributed by atoms with Gasteiger partial charge in [0.2, 0.25) is 5.16 Å². The summed E-state index contributed by atoms with van der Waals surface area (Å²) < 4.78 is 6.95. The second-order valence-corrected chi connectivity index (χ2v) is 6.82. The summed E-state index contributed by atoms with van der Waals surface area (Å²) in [6.45, 7) is 0. The molecule has 1 aliphatic rings. The molecule has 1 saturated carbocycles. The minimum Gasteiger partial charge on any atom is -0.355 e. The Bertz CT molecular complexity index is 745. The minimum absolute atomic E-state index is 0.495. The second kappa shape index (κ2) is 5.19. The maximum absolute atomic E-state index is 6.02. The van der Waals surface area contributed by atoms with Crippen LogP contribution in [0.4, 0.5) is 0 Å². The number of hydrogen-bond acceptors (Lipinski definition) is 7. The van der Waals surface area contributed by atoms with Crippen LogP contribution in [-0.4, -0.2) is 20.0 Å². The van der Waals surface area contributed by atoms with Crippen LogP contribution in [-0.2, 0) is 5.75 Å². The zero-order chi connectivity index (χ0) is 14.2. The Labute approximate surface area is 129 Å². The van der Waals surface area contributed by atoms with Gasteiger partial charge in [0.05, 0.1) is 10.6 Å². The van der Waals surface area contributed by atoms with Crippen LogP contribution in [0.15, 0.2) is 33.3 Å². The molecule has 2 N–H and O–H groups in total. The summed E-state index contributed by atoms with van der Waals surface area (Å²) in [4.78, 5) is 1.08. The van der Waals surface area contributed by atoms with Gasteiger partial charge < -0.3 is 10.4 Å². The van der Waals surface area contributed by atoms with Crippen molar-refractivity contribution in [1.29, 1.82) is 0 Å². The Morgan fingerprint density at radius 2 is 2.33 bits per heavy atom. The number of nitrogen functional groups attached to an aromatic ring is 1. The molecule has 6 nitrogen and oxygen atoms in total. The maximum Gasteiger partial charge on any atom is 0.210 e. The first-order valence-corrected chi connectivity index (χ1v) is 8.50. The highest BCUT2D eigenvalue weighted by Gasteiger charge is 2.29. The van der Waals surface area contributed by atoms with Gasteiger partial charge in [0.15, 0.2) is 11.6 Å². The highest BCUT2D eigenvalue weighted by molar-refractivity contribution is 7.98. The Kier molecular flexibility index (Phi) is 3.19. The minimum atomic E-state index is 0.495. The van der Waals surface area contributed by atoms with Crippen molar-refractivity contribution < 1.29 is 4.52 Å². The summed E-state index contributed by atoms with van der Waals surface area (Å²) in [5.41, 5.74) is 0.874. The summed E-state index contributed by atoms with van der Waals surface area (Å²) in [5, 5.41) is 15.1. The number of nitrogens with two attached hydrogens (primary N) is 1. The summed E-state index contributed by atoms with van der Waals surface area (Å²) in [7, 11) is 0. The van der Waals surface area contributed by atoms with Crippen LogP contribution >= 0.6 is 23.1 Å². The molecular weight excluding hydrogens is 306 g/mol. The molecule has 0 aromatic carbocycles. The number of thiophene rings is 1. The van der Waals surface area contributed by atoms with Crippen LogP contribution < -0.4 is 5.84 Å². The lowest BCUT2D eigenvalue weighted by Gasteiger charge is -2.00. The number of rotatable bonds is 5. The summed E-state index contributed by atoms with van der Waals surface area (Å²) in [5.74, 6) is 8.86. The zero-order valence-corrected chi connectivity index (χ0v) is 12.7. The van der Waals surface area contributed by atoms with Crippen molar-refractivity contribution in [3.05, 3.63) is 35.1 Å². The SMILES string of the molecule is Nn1c(SCc2cc(-c3cccs3)on2)nnc1C1CC1. The van der Waals surface area contributed by atoms with Gasteiger partial charge >= 0.3 is 0 Å². The van der Waals surface area contributed by atoms with E-state index in [1.54, 1.807) is 16.0 Å². The van der Waals surface area contributed by atoms with Crippen LogP contribution in [0.2, 0.25) is 0 Å². The third-order valence-corrected chi connectivity index (χ3v) is 5.17. The molecule has 0 saturated heterocycles. The van der Waals surface area contributed by atoms with Crippen molar-refractivity contribution in [1.82, 2.24) is 20.0 Å². The number of nitrogens with zero attached hydrogens (tertiary/aromatic N) is 4. The Hall–Kier alpha value is -1.80. The molecule has 21 heavy (non-hydrogen) atoms. The largest absolute Gasteiger partial charge is 0.355 e. The average molecular weight is 319 g/mol. The van der Waals surface area contributed by atoms with E-state index >= 15 is 0 Å². The molecule has 4 rings (SSSR count). The van der Waals surface area contributed by atoms with Crippen LogP contribution in [0.25, 0.3) is 10.6 Å². The third kappa shape index (κ3) is 2.56. The van der Waals surface area contributed by atoms with Gasteiger partial charge in [-0.1, -0.05) is 23.0 Å². The first kappa shape index (κ1) is 12.9. The normalized spacial score (nSPS) is 14.7. The summed E-state index contributed by atoms with van der Waals surface area (Å²) in [6, 6.07) is 5.96. The molecule has 1 fully saturated rings. The fourth-order valence-corrected chi connectivity index (χ4v) is 3.48. The number of hydrogen-bond donors (Lipinski definition) is 1. The molecule has 8 heteroatoms. The molecule has 0 unspecified atom stereocenters. The Morgan fingerprint density at radius 1 is 1.43 bits per heavy atom. The van der Waals surface area contributed by atoms with Crippen LogP contribution in [0, 0.1) is 0 Å². The number of thioether (sulfide) groups is 1. The number of aromatic nitrogens is 4. The van der Waals surface area contributed by atoms with Crippen molar-refractivity contribution >= 4 is 23.1 Å². The zero-order valence-electron chi connectivity index (χ0n) is 11.1. The molecule has 1 aliphatic carbocycles. The molecular formula is C13H13N5OS2. The highest BCUT2D eigenvalue weighted by Crippen LogP contribution is 2.39. The molecule has 108 valence electrons. The molecule has 0 spiro atoms. The molecule has 0 amide bonds. The average Bonchev–Trinajstić information content (AvgIpc) is 2.94. The summed E-state index contributed by atoms with van der Waals surface area (Å²) in [6.07, 6.45) is 2.32. The third-order valence-electron chi connectivity index (χ3n) is 3.31. The molecule has 0 aliphatic heterocycles. The van der Waals surface area contributed by atoms with Gasteiger partial charge in [-0.25, -0.2) is 4.68 Å². The van der Waals surface area contributed by atoms with Crippen molar-refractivity contribution in [3.63, 3.8) is 0 Å². The monoisotopic (exact) mass is 319 g/mol. The van der Waals surface area contributed by atoms with E-state index in [1.165, 1.54) is 11.8 Å². The van der Waals surface area contributed by atoms with Crippen molar-refractivity contribution in [3.8, 4) is 10.6 Å². The van der Waals surface area contributed by atoms with Crippen molar-refractivity contribution in [2.45, 2.75) is 29.7 Å². The summed E-state index contributed by atoms with van der Waals surface area (Å²) >= 11 is 3.15. The van der Waals surface area contributed by atoms with E-state index in [9.17, 15) is 0 Å². The Balaban J connectivity index is 1.45. The van der Waals surface area contributed by atoms with Gasteiger partial charge in [-0.3, -0.25) is 0 Å². The van der Waals surface area contributed by atoms with Gasteiger partial charge in [0.1, 0.15) is 0 Å². The predicted octanol–water partition coefficient (Wildman–Crippen LogP) is 2.88. The van der Waals surface area contributed by atoms with Crippen molar-refractivity contribution in [2.24, 2.45) is 0 Å². The first-order valence-electron chi connectivity index (χ1n) is 6.64. The quantitative estimate of drug-likeness (QED) is 0.575. The van der Waals surface area contributed by atoms with E-state index < -0.39 is 0 Å². The maximum atomic E-state index is 6.02. The van der Waals surface area contributed by atoms with E-state index in [4.69, 9.17) is 10.4 Å².